The van der Waals surface area contributed by atoms with Gasteiger partial charge in [-0.2, -0.15) is 23.5 Å². The molecule has 0 aliphatic carbocycles. The fraction of sp³-hybridized carbons (Fsp3) is 0.400. The Labute approximate surface area is 190 Å². The number of nitriles is 1. The number of hydrogen-bond donors (Lipinski definition) is 2. The monoisotopic (exact) mass is 476 g/mol. The first kappa shape index (κ1) is 23.2. The topological polar surface area (TPSA) is 146 Å². The van der Waals surface area contributed by atoms with Crippen LogP contribution in [-0.4, -0.2) is 51.1 Å². The molecule has 11 nitrogen and oxygen atoms in total. The molecule has 14 heteroatoms. The number of halogens is 3. The summed E-state index contributed by atoms with van der Waals surface area (Å²) >= 11 is 0. The van der Waals surface area contributed by atoms with Crippen molar-refractivity contribution < 1.29 is 22.3 Å². The van der Waals surface area contributed by atoms with Gasteiger partial charge >= 0.3 is 6.18 Å². The summed E-state index contributed by atoms with van der Waals surface area (Å²) < 4.78 is 50.5. The smallest absolute Gasteiger partial charge is 0.422 e. The zero-order chi connectivity index (χ0) is 24.3. The van der Waals surface area contributed by atoms with Crippen LogP contribution >= 0.6 is 0 Å². The number of rotatable bonds is 8. The Hall–Kier alpha value is -3.99. The lowest BCUT2D eigenvalue weighted by Gasteiger charge is -2.38. The minimum Gasteiger partial charge on any atom is -0.422 e. The molecule has 178 valence electrons. The molecule has 4 heterocycles. The summed E-state index contributed by atoms with van der Waals surface area (Å²) in [4.78, 5) is 17.6. The molecule has 1 fully saturated rings. The van der Waals surface area contributed by atoms with Crippen LogP contribution in [0.1, 0.15) is 35.9 Å². The number of nitrogens with zero attached hydrogens (tertiary/aromatic N) is 6. The van der Waals surface area contributed by atoms with Crippen molar-refractivity contribution in [3.05, 3.63) is 57.9 Å². The van der Waals surface area contributed by atoms with Gasteiger partial charge in [0.05, 0.1) is 36.3 Å². The largest absolute Gasteiger partial charge is 0.423 e. The Morgan fingerprint density at radius 2 is 2.15 bits per heavy atom. The van der Waals surface area contributed by atoms with Crippen LogP contribution in [0.15, 0.2) is 33.7 Å². The van der Waals surface area contributed by atoms with Gasteiger partial charge in [-0.1, -0.05) is 0 Å². The number of aromatic amines is 1. The highest BCUT2D eigenvalue weighted by molar-refractivity contribution is 5.50. The minimum atomic E-state index is -4.83. The lowest BCUT2D eigenvalue weighted by atomic mass is 9.99. The number of pyridine rings is 1. The normalized spacial score (nSPS) is 15.0. The molecule has 3 aromatic rings. The Balaban J connectivity index is 1.25. The molecule has 1 saturated heterocycles. The number of aromatic nitrogens is 5. The second-order valence-electron chi connectivity index (χ2n) is 7.70. The Morgan fingerprint density at radius 3 is 2.82 bits per heavy atom. The molecular formula is C20H19F3N8O3. The molecule has 2 N–H and O–H groups in total. The highest BCUT2D eigenvalue weighted by Gasteiger charge is 2.37. The summed E-state index contributed by atoms with van der Waals surface area (Å²) in [5.74, 6) is 0.753. The Morgan fingerprint density at radius 1 is 1.35 bits per heavy atom. The van der Waals surface area contributed by atoms with Gasteiger partial charge in [0.2, 0.25) is 11.8 Å². The van der Waals surface area contributed by atoms with Gasteiger partial charge in [0.1, 0.15) is 23.9 Å². The summed E-state index contributed by atoms with van der Waals surface area (Å²) in [6, 6.07) is 4.88. The number of nitrogens with one attached hydrogen (secondary N) is 2. The molecule has 3 aromatic heterocycles. The van der Waals surface area contributed by atoms with Crippen LogP contribution in [0.2, 0.25) is 0 Å². The molecule has 1 atom stereocenters. The van der Waals surface area contributed by atoms with Crippen LogP contribution in [0.25, 0.3) is 0 Å². The standard InChI is InChI=1S/C20H19F3N8O3/c1-11(27-15-6-26-29-18(32)17(15)20(21,22)23)9-33-10-16-28-30-19(34-16)12-7-31(8-12)14-3-2-13(4-24)25-5-14/h2-3,5-6,11-12H,7-10H2,1H3,(H2,27,29,32). The third-order valence-corrected chi connectivity index (χ3v) is 5.08. The molecule has 0 saturated carbocycles. The molecule has 1 unspecified atom stereocenters. The highest BCUT2D eigenvalue weighted by atomic mass is 19.4. The number of H-pyrrole nitrogens is 1. The van der Waals surface area contributed by atoms with Crippen molar-refractivity contribution in [2.45, 2.75) is 31.7 Å². The van der Waals surface area contributed by atoms with Crippen LogP contribution in [0.3, 0.4) is 0 Å². The summed E-state index contributed by atoms with van der Waals surface area (Å²) in [5, 5.41) is 24.6. The van der Waals surface area contributed by atoms with Gasteiger partial charge in [-0.25, -0.2) is 10.1 Å². The van der Waals surface area contributed by atoms with E-state index in [1.54, 1.807) is 24.3 Å². The summed E-state index contributed by atoms with van der Waals surface area (Å²) in [5.41, 5.74) is -1.86. The van der Waals surface area contributed by atoms with Gasteiger partial charge in [0, 0.05) is 19.1 Å². The Kier molecular flexibility index (Phi) is 6.46. The van der Waals surface area contributed by atoms with Gasteiger partial charge in [-0.05, 0) is 19.1 Å². The van der Waals surface area contributed by atoms with Gasteiger partial charge in [0.15, 0.2) is 0 Å². The van der Waals surface area contributed by atoms with E-state index in [2.05, 4.69) is 30.5 Å². The van der Waals surface area contributed by atoms with Crippen molar-refractivity contribution in [3.8, 4) is 6.07 Å². The highest BCUT2D eigenvalue weighted by Crippen LogP contribution is 2.32. The predicted octanol–water partition coefficient (Wildman–Crippen LogP) is 2.06. The molecule has 0 bridgehead atoms. The number of alkyl halides is 3. The average Bonchev–Trinajstić information content (AvgIpc) is 3.20. The van der Waals surface area contributed by atoms with E-state index in [1.807, 2.05) is 12.1 Å². The van der Waals surface area contributed by atoms with Gasteiger partial charge < -0.3 is 19.4 Å². The maximum absolute atomic E-state index is 13.1. The summed E-state index contributed by atoms with van der Waals surface area (Å²) in [6.07, 6.45) is -2.29. The van der Waals surface area contributed by atoms with Gasteiger partial charge in [0.25, 0.3) is 5.56 Å². The van der Waals surface area contributed by atoms with E-state index in [-0.39, 0.29) is 25.0 Å². The first-order chi connectivity index (χ1) is 16.2. The molecule has 1 aliphatic rings. The third-order valence-electron chi connectivity index (χ3n) is 5.08. The second-order valence-corrected chi connectivity index (χ2v) is 7.70. The van der Waals surface area contributed by atoms with Gasteiger partial charge in [-0.3, -0.25) is 4.79 Å². The first-order valence-electron chi connectivity index (χ1n) is 10.2. The average molecular weight is 476 g/mol. The fourth-order valence-electron chi connectivity index (χ4n) is 3.39. The van der Waals surface area contributed by atoms with Crippen molar-refractivity contribution in [1.29, 1.82) is 5.26 Å². The molecule has 4 rings (SSSR count). The lowest BCUT2D eigenvalue weighted by Crippen LogP contribution is -2.45. The minimum absolute atomic E-state index is 0.0186. The van der Waals surface area contributed by atoms with Crippen molar-refractivity contribution in [2.24, 2.45) is 0 Å². The first-order valence-corrected chi connectivity index (χ1v) is 10.2. The van der Waals surface area contributed by atoms with Crippen molar-refractivity contribution in [2.75, 3.05) is 29.9 Å². The summed E-state index contributed by atoms with van der Waals surface area (Å²) in [6.45, 7) is 2.91. The molecular weight excluding hydrogens is 457 g/mol. The number of anilines is 2. The van der Waals surface area contributed by atoms with E-state index in [4.69, 9.17) is 14.4 Å². The zero-order valence-electron chi connectivity index (χ0n) is 17.8. The van der Waals surface area contributed by atoms with Crippen LogP contribution in [0.5, 0.6) is 0 Å². The second kappa shape index (κ2) is 9.48. The number of hydrogen-bond acceptors (Lipinski definition) is 10. The molecule has 0 spiro atoms. The van der Waals surface area contributed by atoms with Crippen molar-refractivity contribution in [1.82, 2.24) is 25.4 Å². The van der Waals surface area contributed by atoms with Crippen LogP contribution in [-0.2, 0) is 17.5 Å². The van der Waals surface area contributed by atoms with Crippen LogP contribution in [0.4, 0.5) is 24.5 Å². The van der Waals surface area contributed by atoms with E-state index < -0.39 is 29.0 Å². The molecule has 0 radical (unpaired) electrons. The zero-order valence-corrected chi connectivity index (χ0v) is 17.8. The fourth-order valence-corrected chi connectivity index (χ4v) is 3.39. The predicted molar refractivity (Wildman–Crippen MR) is 111 cm³/mol. The SMILES string of the molecule is CC(COCc1nnc(C2CN(c3ccc(C#N)nc3)C2)o1)Nc1cn[nH]c(=O)c1C(F)(F)F. The number of ether oxygens (including phenoxy) is 1. The maximum atomic E-state index is 13.1. The molecule has 0 amide bonds. The van der Waals surface area contributed by atoms with E-state index in [0.29, 0.717) is 24.7 Å². The quantitative estimate of drug-likeness (QED) is 0.495. The third kappa shape index (κ3) is 5.15. The van der Waals surface area contributed by atoms with E-state index in [9.17, 15) is 18.0 Å². The maximum Gasteiger partial charge on any atom is 0.423 e. The molecule has 34 heavy (non-hydrogen) atoms. The van der Waals surface area contributed by atoms with Gasteiger partial charge in [-0.15, -0.1) is 10.2 Å². The molecule has 1 aliphatic heterocycles. The van der Waals surface area contributed by atoms with Crippen molar-refractivity contribution in [3.63, 3.8) is 0 Å². The molecule has 0 aromatic carbocycles. The van der Waals surface area contributed by atoms with Crippen LogP contribution < -0.4 is 15.8 Å². The van der Waals surface area contributed by atoms with Crippen molar-refractivity contribution >= 4 is 11.4 Å². The van der Waals surface area contributed by atoms with E-state index in [0.717, 1.165) is 11.9 Å². The lowest BCUT2D eigenvalue weighted by molar-refractivity contribution is -0.138. The van der Waals surface area contributed by atoms with Crippen LogP contribution in [0, 0.1) is 11.3 Å². The van der Waals surface area contributed by atoms with E-state index >= 15 is 0 Å². The van der Waals surface area contributed by atoms with E-state index in [1.165, 1.54) is 0 Å². The Bertz CT molecular complexity index is 1230. The summed E-state index contributed by atoms with van der Waals surface area (Å²) in [7, 11) is 0.